The molecule has 1 unspecified atom stereocenters. The number of rotatable bonds is 8. The van der Waals surface area contributed by atoms with E-state index in [1.807, 2.05) is 30.3 Å². The zero-order valence-electron chi connectivity index (χ0n) is 15.3. The molecule has 0 radical (unpaired) electrons. The van der Waals surface area contributed by atoms with E-state index in [1.54, 1.807) is 0 Å². The van der Waals surface area contributed by atoms with Gasteiger partial charge in [-0.3, -0.25) is 10.1 Å². The maximum atomic E-state index is 13.1. The Balaban J connectivity index is 1.94. The van der Waals surface area contributed by atoms with Crippen LogP contribution in [0.3, 0.4) is 0 Å². The van der Waals surface area contributed by atoms with Crippen molar-refractivity contribution in [1.29, 1.82) is 0 Å². The highest BCUT2D eigenvalue weighted by molar-refractivity contribution is 7.89. The summed E-state index contributed by atoms with van der Waals surface area (Å²) >= 11 is 0. The summed E-state index contributed by atoms with van der Waals surface area (Å²) in [6.45, 7) is 0.588. The van der Waals surface area contributed by atoms with Crippen molar-refractivity contribution in [2.24, 2.45) is 0 Å². The summed E-state index contributed by atoms with van der Waals surface area (Å²) in [7, 11) is -3.87. The average Bonchev–Trinajstić information content (AvgIpc) is 3.24. The van der Waals surface area contributed by atoms with Crippen LogP contribution < -0.4 is 5.32 Å². The van der Waals surface area contributed by atoms with Gasteiger partial charge in [-0.15, -0.1) is 0 Å². The maximum Gasteiger partial charge on any atom is 0.270 e. The SMILES string of the molecule is O=[N+]([O-])c1ccc(NC(CO)Cc2ccccc2)c(S(=O)(=O)N2CCCC2)c1. The molecule has 1 saturated heterocycles. The Morgan fingerprint density at radius 3 is 2.43 bits per heavy atom. The van der Waals surface area contributed by atoms with Crippen LogP contribution in [0.1, 0.15) is 18.4 Å². The van der Waals surface area contributed by atoms with E-state index in [4.69, 9.17) is 0 Å². The molecule has 8 nitrogen and oxygen atoms in total. The van der Waals surface area contributed by atoms with Crippen LogP contribution in [-0.2, 0) is 16.4 Å². The summed E-state index contributed by atoms with van der Waals surface area (Å²) in [5, 5.41) is 24.0. The smallest absolute Gasteiger partial charge is 0.270 e. The number of benzene rings is 2. The second-order valence-electron chi connectivity index (χ2n) is 6.76. The molecule has 0 amide bonds. The molecule has 0 bridgehead atoms. The van der Waals surface area contributed by atoms with Crippen molar-refractivity contribution in [3.05, 3.63) is 64.2 Å². The molecule has 1 atom stereocenters. The van der Waals surface area contributed by atoms with E-state index in [9.17, 15) is 23.6 Å². The largest absolute Gasteiger partial charge is 0.394 e. The molecule has 1 aliphatic heterocycles. The third-order valence-electron chi connectivity index (χ3n) is 4.76. The van der Waals surface area contributed by atoms with Crippen LogP contribution in [0.25, 0.3) is 0 Å². The fourth-order valence-electron chi connectivity index (χ4n) is 3.30. The van der Waals surface area contributed by atoms with Gasteiger partial charge < -0.3 is 10.4 Å². The molecule has 9 heteroatoms. The lowest BCUT2D eigenvalue weighted by atomic mass is 10.1. The van der Waals surface area contributed by atoms with Gasteiger partial charge in [-0.25, -0.2) is 8.42 Å². The molecule has 0 aromatic heterocycles. The quantitative estimate of drug-likeness (QED) is 0.515. The number of anilines is 1. The zero-order valence-corrected chi connectivity index (χ0v) is 16.1. The van der Waals surface area contributed by atoms with Gasteiger partial charge in [-0.2, -0.15) is 4.31 Å². The van der Waals surface area contributed by atoms with Gasteiger partial charge in [0, 0.05) is 25.2 Å². The fourth-order valence-corrected chi connectivity index (χ4v) is 5.00. The lowest BCUT2D eigenvalue weighted by Gasteiger charge is -2.22. The molecule has 2 N–H and O–H groups in total. The Kier molecular flexibility index (Phi) is 6.28. The van der Waals surface area contributed by atoms with Crippen molar-refractivity contribution in [3.63, 3.8) is 0 Å². The Morgan fingerprint density at radius 1 is 1.14 bits per heavy atom. The summed E-state index contributed by atoms with van der Waals surface area (Å²) in [6, 6.07) is 12.8. The van der Waals surface area contributed by atoms with E-state index >= 15 is 0 Å². The number of aliphatic hydroxyl groups excluding tert-OH is 1. The maximum absolute atomic E-state index is 13.1. The number of nitrogens with zero attached hydrogens (tertiary/aromatic N) is 2. The normalized spacial score (nSPS) is 16.0. The van der Waals surface area contributed by atoms with Gasteiger partial charge in [0.25, 0.3) is 5.69 Å². The number of non-ortho nitro benzene ring substituents is 1. The standard InChI is InChI=1S/C19H23N3O5S/c23-14-16(12-15-6-2-1-3-7-15)20-18-9-8-17(22(24)25)13-19(18)28(26,27)21-10-4-5-11-21/h1-3,6-9,13,16,20,23H,4-5,10-12,14H2. The average molecular weight is 405 g/mol. The molecule has 0 saturated carbocycles. The minimum absolute atomic E-state index is 0.130. The Morgan fingerprint density at radius 2 is 1.82 bits per heavy atom. The molecule has 1 aliphatic rings. The van der Waals surface area contributed by atoms with Crippen molar-refractivity contribution in [2.75, 3.05) is 25.0 Å². The number of nitro groups is 1. The number of hydrogen-bond acceptors (Lipinski definition) is 6. The lowest BCUT2D eigenvalue weighted by molar-refractivity contribution is -0.385. The van der Waals surface area contributed by atoms with Crippen molar-refractivity contribution in [2.45, 2.75) is 30.2 Å². The molecule has 2 aromatic rings. The van der Waals surface area contributed by atoms with Crippen LogP contribution in [0.5, 0.6) is 0 Å². The van der Waals surface area contributed by atoms with Crippen molar-refractivity contribution in [1.82, 2.24) is 4.31 Å². The summed E-state index contributed by atoms with van der Waals surface area (Å²) in [5.41, 5.74) is 0.958. The molecule has 0 spiro atoms. The monoisotopic (exact) mass is 405 g/mol. The third-order valence-corrected chi connectivity index (χ3v) is 6.70. The minimum atomic E-state index is -3.87. The first-order valence-electron chi connectivity index (χ1n) is 9.11. The van der Waals surface area contributed by atoms with Gasteiger partial charge in [0.2, 0.25) is 10.0 Å². The molecule has 1 fully saturated rings. The molecule has 150 valence electrons. The number of hydrogen-bond donors (Lipinski definition) is 2. The predicted molar refractivity (Wildman–Crippen MR) is 106 cm³/mol. The number of aliphatic hydroxyl groups is 1. The van der Waals surface area contributed by atoms with Gasteiger partial charge >= 0.3 is 0 Å². The second kappa shape index (κ2) is 8.68. The van der Waals surface area contributed by atoms with Crippen LogP contribution in [-0.4, -0.2) is 48.5 Å². The molecule has 28 heavy (non-hydrogen) atoms. The zero-order chi connectivity index (χ0) is 20.1. The third kappa shape index (κ3) is 4.49. The Labute approximate surface area is 164 Å². The van der Waals surface area contributed by atoms with E-state index < -0.39 is 21.0 Å². The van der Waals surface area contributed by atoms with Crippen molar-refractivity contribution >= 4 is 21.4 Å². The second-order valence-corrected chi connectivity index (χ2v) is 8.67. The minimum Gasteiger partial charge on any atom is -0.394 e. The summed E-state index contributed by atoms with van der Waals surface area (Å²) in [4.78, 5) is 10.4. The lowest BCUT2D eigenvalue weighted by Crippen LogP contribution is -2.31. The number of sulfonamides is 1. The molecular weight excluding hydrogens is 382 g/mol. The van der Waals surface area contributed by atoms with E-state index in [-0.39, 0.29) is 22.9 Å². The Bertz CT molecular complexity index is 928. The molecule has 1 heterocycles. The van der Waals surface area contributed by atoms with Crippen LogP contribution in [0.2, 0.25) is 0 Å². The molecule has 2 aromatic carbocycles. The van der Waals surface area contributed by atoms with Gasteiger partial charge in [0.15, 0.2) is 0 Å². The van der Waals surface area contributed by atoms with Gasteiger partial charge in [-0.05, 0) is 30.9 Å². The van der Waals surface area contributed by atoms with Crippen molar-refractivity contribution < 1.29 is 18.4 Å². The van der Waals surface area contributed by atoms with Gasteiger partial charge in [0.05, 0.1) is 23.3 Å². The molecular formula is C19H23N3O5S. The first-order valence-corrected chi connectivity index (χ1v) is 10.6. The van der Waals surface area contributed by atoms with Crippen LogP contribution in [0.4, 0.5) is 11.4 Å². The summed E-state index contributed by atoms with van der Waals surface area (Å²) in [6.07, 6.45) is 2.02. The first-order chi connectivity index (χ1) is 13.4. The fraction of sp³-hybridized carbons (Fsp3) is 0.368. The predicted octanol–water partition coefficient (Wildman–Crippen LogP) is 2.39. The highest BCUT2D eigenvalue weighted by Crippen LogP contribution is 2.31. The van der Waals surface area contributed by atoms with E-state index in [2.05, 4.69) is 5.32 Å². The number of nitro benzene ring substituents is 1. The highest BCUT2D eigenvalue weighted by Gasteiger charge is 2.31. The van der Waals surface area contributed by atoms with Crippen LogP contribution in [0.15, 0.2) is 53.4 Å². The van der Waals surface area contributed by atoms with Crippen LogP contribution >= 0.6 is 0 Å². The van der Waals surface area contributed by atoms with E-state index in [0.717, 1.165) is 24.5 Å². The van der Waals surface area contributed by atoms with Gasteiger partial charge in [0.1, 0.15) is 4.90 Å². The highest BCUT2D eigenvalue weighted by atomic mass is 32.2. The molecule has 0 aliphatic carbocycles. The van der Waals surface area contributed by atoms with E-state index in [1.165, 1.54) is 16.4 Å². The van der Waals surface area contributed by atoms with Crippen LogP contribution in [0, 0.1) is 10.1 Å². The Hall–Kier alpha value is -2.49. The topological polar surface area (TPSA) is 113 Å². The first kappa shape index (κ1) is 20.2. The van der Waals surface area contributed by atoms with E-state index in [0.29, 0.717) is 19.5 Å². The molecule has 3 rings (SSSR count). The van der Waals surface area contributed by atoms with Crippen molar-refractivity contribution in [3.8, 4) is 0 Å². The summed E-state index contributed by atoms with van der Waals surface area (Å²) < 4.78 is 27.5. The number of nitrogens with one attached hydrogen (secondary N) is 1. The van der Waals surface area contributed by atoms with Gasteiger partial charge in [-0.1, -0.05) is 30.3 Å². The summed E-state index contributed by atoms with van der Waals surface area (Å²) in [5.74, 6) is 0.